The highest BCUT2D eigenvalue weighted by Gasteiger charge is 2.33. The summed E-state index contributed by atoms with van der Waals surface area (Å²) in [5.74, 6) is 1.61. The number of amides is 1. The zero-order chi connectivity index (χ0) is 22.4. The van der Waals surface area contributed by atoms with Crippen LogP contribution >= 0.6 is 11.6 Å². The predicted octanol–water partition coefficient (Wildman–Crippen LogP) is 3.76. The predicted molar refractivity (Wildman–Crippen MR) is 118 cm³/mol. The third-order valence-electron chi connectivity index (χ3n) is 6.51. The van der Waals surface area contributed by atoms with E-state index in [1.54, 1.807) is 17.9 Å². The van der Waals surface area contributed by atoms with Crippen molar-refractivity contribution in [3.05, 3.63) is 34.0 Å². The number of carbonyl (C=O) groups is 1. The van der Waals surface area contributed by atoms with Gasteiger partial charge >= 0.3 is 0 Å². The van der Waals surface area contributed by atoms with Crippen molar-refractivity contribution in [3.8, 4) is 0 Å². The molecule has 0 atom stereocenters. The molecule has 0 bridgehead atoms. The van der Waals surface area contributed by atoms with Gasteiger partial charge in [-0.05, 0) is 30.5 Å². The Hall–Kier alpha value is -2.39. The number of hydrogen-bond donors (Lipinski definition) is 0. The van der Waals surface area contributed by atoms with Crippen LogP contribution in [0.25, 0.3) is 0 Å². The van der Waals surface area contributed by atoms with Crippen molar-refractivity contribution in [2.75, 3.05) is 49.2 Å². The Morgan fingerprint density at radius 1 is 1.16 bits per heavy atom. The molecule has 1 fully saturated rings. The van der Waals surface area contributed by atoms with Crippen molar-refractivity contribution in [1.29, 1.82) is 0 Å². The Bertz CT molecular complexity index is 1040. The highest BCUT2D eigenvalue weighted by molar-refractivity contribution is 6.31. The van der Waals surface area contributed by atoms with Gasteiger partial charge < -0.3 is 24.0 Å². The first-order valence-electron chi connectivity index (χ1n) is 11.0. The zero-order valence-corrected chi connectivity index (χ0v) is 18.7. The molecule has 32 heavy (non-hydrogen) atoms. The minimum atomic E-state index is -2.65. The molecule has 0 saturated carbocycles. The number of halogens is 3. The number of carbonyl (C=O) groups excluding carboxylic acids is 1. The van der Waals surface area contributed by atoms with Crippen LogP contribution in [0.15, 0.2) is 12.1 Å². The molecule has 3 aliphatic rings. The van der Waals surface area contributed by atoms with E-state index in [9.17, 15) is 13.6 Å². The Morgan fingerprint density at radius 2 is 1.94 bits per heavy atom. The molecule has 5 rings (SSSR count). The van der Waals surface area contributed by atoms with Crippen molar-refractivity contribution < 1.29 is 18.3 Å². The van der Waals surface area contributed by atoms with E-state index in [4.69, 9.17) is 21.3 Å². The second-order valence-corrected chi connectivity index (χ2v) is 8.84. The van der Waals surface area contributed by atoms with Crippen LogP contribution in [0.2, 0.25) is 5.02 Å². The molecule has 7 nitrogen and oxygen atoms in total. The molecule has 0 aliphatic carbocycles. The molecule has 0 N–H and O–H groups in total. The van der Waals surface area contributed by atoms with Gasteiger partial charge in [-0.25, -0.2) is 8.78 Å². The Kier molecular flexibility index (Phi) is 5.71. The normalized spacial score (nSPS) is 18.7. The number of ether oxygens (including phenoxy) is 1. The highest BCUT2D eigenvalue weighted by atomic mass is 35.5. The lowest BCUT2D eigenvalue weighted by molar-refractivity contribution is -0.130. The van der Waals surface area contributed by atoms with E-state index in [1.165, 1.54) is 6.07 Å². The van der Waals surface area contributed by atoms with Gasteiger partial charge in [0.1, 0.15) is 0 Å². The van der Waals surface area contributed by atoms with Gasteiger partial charge in [0, 0.05) is 55.9 Å². The monoisotopic (exact) mass is 465 g/mol. The Labute approximate surface area is 190 Å². The lowest BCUT2D eigenvalue weighted by atomic mass is 9.99. The number of imidazole rings is 1. The van der Waals surface area contributed by atoms with Crippen molar-refractivity contribution in [2.45, 2.75) is 39.3 Å². The number of morpholine rings is 1. The zero-order valence-electron chi connectivity index (χ0n) is 18.0. The summed E-state index contributed by atoms with van der Waals surface area (Å²) in [4.78, 5) is 23.2. The van der Waals surface area contributed by atoms with Gasteiger partial charge in [0.25, 0.3) is 6.43 Å². The van der Waals surface area contributed by atoms with Crippen LogP contribution in [0.1, 0.15) is 36.6 Å². The summed E-state index contributed by atoms with van der Waals surface area (Å²) < 4.78 is 34.9. The van der Waals surface area contributed by atoms with E-state index in [0.717, 1.165) is 54.6 Å². The molecule has 1 aromatic heterocycles. The van der Waals surface area contributed by atoms with E-state index in [0.29, 0.717) is 39.4 Å². The molecule has 2 aromatic rings. The number of alkyl halides is 2. The van der Waals surface area contributed by atoms with Gasteiger partial charge in [-0.2, -0.15) is 4.98 Å². The number of nitrogens with zero attached hydrogens (tertiary/aromatic N) is 5. The number of anilines is 3. The second kappa shape index (κ2) is 8.51. The quantitative estimate of drug-likeness (QED) is 0.691. The van der Waals surface area contributed by atoms with Crippen molar-refractivity contribution in [2.24, 2.45) is 0 Å². The van der Waals surface area contributed by atoms with Gasteiger partial charge in [0.15, 0.2) is 5.82 Å². The van der Waals surface area contributed by atoms with E-state index < -0.39 is 6.43 Å². The summed E-state index contributed by atoms with van der Waals surface area (Å²) >= 11 is 6.14. The van der Waals surface area contributed by atoms with Crippen LogP contribution in [0.3, 0.4) is 0 Å². The molecular weight excluding hydrogens is 440 g/mol. The first kappa shape index (κ1) is 21.5. The maximum absolute atomic E-state index is 13.6. The summed E-state index contributed by atoms with van der Waals surface area (Å²) in [5, 5.41) is 0.101. The molecule has 3 aliphatic heterocycles. The molecule has 1 aromatic carbocycles. The molecule has 0 unspecified atom stereocenters. The SMILES string of the molecule is CC(=O)N1CCn2c(N3CCOCC3)nc(N3CCCc4cc(Cl)c(C(F)F)cc43)c2C1. The first-order chi connectivity index (χ1) is 15.4. The number of fused-ring (bicyclic) bond motifs is 2. The van der Waals surface area contributed by atoms with Gasteiger partial charge in [-0.15, -0.1) is 0 Å². The van der Waals surface area contributed by atoms with E-state index in [1.807, 2.05) is 4.90 Å². The van der Waals surface area contributed by atoms with Gasteiger partial charge in [0.05, 0.1) is 25.5 Å². The molecule has 1 saturated heterocycles. The van der Waals surface area contributed by atoms with E-state index in [2.05, 4.69) is 9.47 Å². The maximum atomic E-state index is 13.6. The lowest BCUT2D eigenvalue weighted by Crippen LogP contribution is -2.41. The smallest absolute Gasteiger partial charge is 0.265 e. The van der Waals surface area contributed by atoms with E-state index >= 15 is 0 Å². The summed E-state index contributed by atoms with van der Waals surface area (Å²) in [5.41, 5.74) is 2.45. The topological polar surface area (TPSA) is 53.8 Å². The standard InChI is InChI=1S/C22H26ClF2N5O2/c1-14(31)28-5-6-30-19(13-28)21(26-22(30)27-7-9-32-10-8-27)29-4-2-3-15-11-17(23)16(20(24)25)12-18(15)29/h11-12,20H,2-10,13H2,1H3. The fourth-order valence-corrected chi connectivity index (χ4v) is 5.10. The summed E-state index contributed by atoms with van der Waals surface area (Å²) in [6.45, 7) is 6.73. The van der Waals surface area contributed by atoms with E-state index in [-0.39, 0.29) is 16.5 Å². The number of hydrogen-bond acceptors (Lipinski definition) is 5. The van der Waals surface area contributed by atoms with Gasteiger partial charge in [-0.1, -0.05) is 11.6 Å². The minimum absolute atomic E-state index is 0.0159. The lowest BCUT2D eigenvalue weighted by Gasteiger charge is -2.34. The number of aryl methyl sites for hydroxylation is 1. The average molecular weight is 466 g/mol. The molecule has 172 valence electrons. The van der Waals surface area contributed by atoms with Gasteiger partial charge in [0.2, 0.25) is 11.9 Å². The average Bonchev–Trinajstić information content (AvgIpc) is 3.17. The molecule has 10 heteroatoms. The highest BCUT2D eigenvalue weighted by Crippen LogP contribution is 2.42. The fraction of sp³-hybridized carbons (Fsp3) is 0.545. The van der Waals surface area contributed by atoms with Crippen molar-refractivity contribution >= 4 is 35.0 Å². The fourth-order valence-electron chi connectivity index (χ4n) is 4.83. The van der Waals surface area contributed by atoms with Crippen molar-refractivity contribution in [3.63, 3.8) is 0 Å². The van der Waals surface area contributed by atoms with Crippen LogP contribution in [0.5, 0.6) is 0 Å². The number of rotatable bonds is 3. The minimum Gasteiger partial charge on any atom is -0.378 e. The number of aromatic nitrogens is 2. The largest absolute Gasteiger partial charge is 0.378 e. The molecule has 4 heterocycles. The Balaban J connectivity index is 1.62. The third-order valence-corrected chi connectivity index (χ3v) is 6.84. The maximum Gasteiger partial charge on any atom is 0.265 e. The van der Waals surface area contributed by atoms with Crippen LogP contribution in [-0.2, 0) is 29.0 Å². The molecule has 0 spiro atoms. The van der Waals surface area contributed by atoms with Crippen LogP contribution in [-0.4, -0.2) is 59.8 Å². The summed E-state index contributed by atoms with van der Waals surface area (Å²) in [6, 6.07) is 3.17. The van der Waals surface area contributed by atoms with Crippen LogP contribution in [0.4, 0.5) is 26.2 Å². The summed E-state index contributed by atoms with van der Waals surface area (Å²) in [6.07, 6.45) is -1.00. The second-order valence-electron chi connectivity index (χ2n) is 8.43. The van der Waals surface area contributed by atoms with Crippen molar-refractivity contribution in [1.82, 2.24) is 14.5 Å². The van der Waals surface area contributed by atoms with Gasteiger partial charge in [-0.3, -0.25) is 4.79 Å². The van der Waals surface area contributed by atoms with Crippen LogP contribution < -0.4 is 9.80 Å². The molecule has 0 radical (unpaired) electrons. The van der Waals surface area contributed by atoms with Crippen LogP contribution in [0, 0.1) is 0 Å². The third kappa shape index (κ3) is 3.71. The number of benzene rings is 1. The Morgan fingerprint density at radius 3 is 2.66 bits per heavy atom. The first-order valence-corrected chi connectivity index (χ1v) is 11.4. The molecule has 1 amide bonds. The molecular formula is C22H26ClF2N5O2. The summed E-state index contributed by atoms with van der Waals surface area (Å²) in [7, 11) is 0.